The molecule has 0 aromatic carbocycles. The molecule has 1 N–H and O–H groups in total. The summed E-state index contributed by atoms with van der Waals surface area (Å²) in [5.74, 6) is 2.45. The summed E-state index contributed by atoms with van der Waals surface area (Å²) in [7, 11) is 0. The number of rotatable bonds is 3. The lowest BCUT2D eigenvalue weighted by Crippen LogP contribution is -2.48. The Balaban J connectivity index is 1.93. The normalized spacial score (nSPS) is 20.8. The van der Waals surface area contributed by atoms with E-state index in [1.54, 1.807) is 6.92 Å². The Hall–Kier alpha value is -2.51. The van der Waals surface area contributed by atoms with Crippen LogP contribution in [0.5, 0.6) is 0 Å². The van der Waals surface area contributed by atoms with Crippen LogP contribution in [0, 0.1) is 20.8 Å². The third-order valence-corrected chi connectivity index (χ3v) is 3.92. The summed E-state index contributed by atoms with van der Waals surface area (Å²) < 4.78 is 5.11. The molecule has 0 spiro atoms. The van der Waals surface area contributed by atoms with Crippen LogP contribution in [0.2, 0.25) is 0 Å². The van der Waals surface area contributed by atoms with E-state index in [2.05, 4.69) is 30.3 Å². The van der Waals surface area contributed by atoms with E-state index in [4.69, 9.17) is 4.52 Å². The Bertz CT molecular complexity index is 723. The second kappa shape index (κ2) is 5.60. The first-order valence-corrected chi connectivity index (χ1v) is 7.55. The average Bonchev–Trinajstić information content (AvgIpc) is 3.05. The highest BCUT2D eigenvalue weighted by atomic mass is 16.5. The highest BCUT2D eigenvalue weighted by molar-refractivity contribution is 5.74. The van der Waals surface area contributed by atoms with Gasteiger partial charge in [-0.2, -0.15) is 4.98 Å². The maximum absolute atomic E-state index is 11.7. The van der Waals surface area contributed by atoms with Crippen LogP contribution in [0.4, 0.5) is 5.82 Å². The number of aromatic nitrogens is 4. The molecular formula is C15H20N6O2. The Kier molecular flexibility index (Phi) is 3.75. The SMILES string of the molecule is CC(=O)NC1(c2noc(C)n2)CCN(c2cc(C)nc(C)n2)C1. The van der Waals surface area contributed by atoms with Crippen molar-refractivity contribution in [2.45, 2.75) is 39.7 Å². The topological polar surface area (TPSA) is 97.0 Å². The molecule has 1 amide bonds. The van der Waals surface area contributed by atoms with E-state index in [-0.39, 0.29) is 5.91 Å². The molecule has 1 atom stereocenters. The molecule has 1 aliphatic heterocycles. The van der Waals surface area contributed by atoms with Gasteiger partial charge in [-0.05, 0) is 20.3 Å². The molecule has 1 saturated heterocycles. The molecule has 0 bridgehead atoms. The third-order valence-electron chi connectivity index (χ3n) is 3.92. The maximum atomic E-state index is 11.7. The zero-order valence-electron chi connectivity index (χ0n) is 13.8. The van der Waals surface area contributed by atoms with E-state index in [0.717, 1.165) is 23.9 Å². The van der Waals surface area contributed by atoms with Gasteiger partial charge in [-0.15, -0.1) is 0 Å². The summed E-state index contributed by atoms with van der Waals surface area (Å²) in [5.41, 5.74) is 0.260. The summed E-state index contributed by atoms with van der Waals surface area (Å²) in [6, 6.07) is 1.94. The third kappa shape index (κ3) is 3.01. The Labute approximate surface area is 134 Å². The van der Waals surface area contributed by atoms with E-state index >= 15 is 0 Å². The fraction of sp³-hybridized carbons (Fsp3) is 0.533. The van der Waals surface area contributed by atoms with Gasteiger partial charge in [-0.3, -0.25) is 4.79 Å². The van der Waals surface area contributed by atoms with Crippen molar-refractivity contribution < 1.29 is 9.32 Å². The van der Waals surface area contributed by atoms with Gasteiger partial charge in [0.15, 0.2) is 5.82 Å². The Morgan fingerprint density at radius 1 is 1.30 bits per heavy atom. The van der Waals surface area contributed by atoms with Gasteiger partial charge in [-0.25, -0.2) is 9.97 Å². The lowest BCUT2D eigenvalue weighted by atomic mass is 9.97. The molecule has 23 heavy (non-hydrogen) atoms. The summed E-state index contributed by atoms with van der Waals surface area (Å²) in [6.45, 7) is 8.33. The quantitative estimate of drug-likeness (QED) is 0.903. The van der Waals surface area contributed by atoms with Crippen molar-refractivity contribution in [2.24, 2.45) is 0 Å². The first kappa shape index (κ1) is 15.4. The molecule has 8 nitrogen and oxygen atoms in total. The summed E-state index contributed by atoms with van der Waals surface area (Å²) >= 11 is 0. The average molecular weight is 316 g/mol. The number of aryl methyl sites for hydroxylation is 3. The molecule has 0 radical (unpaired) electrons. The van der Waals surface area contributed by atoms with Crippen LogP contribution < -0.4 is 10.2 Å². The van der Waals surface area contributed by atoms with Gasteiger partial charge in [0.05, 0.1) is 0 Å². The molecule has 1 aliphatic rings. The van der Waals surface area contributed by atoms with Gasteiger partial charge >= 0.3 is 0 Å². The van der Waals surface area contributed by atoms with E-state index in [0.29, 0.717) is 24.7 Å². The minimum absolute atomic E-state index is 0.121. The van der Waals surface area contributed by atoms with Gasteiger partial charge < -0.3 is 14.7 Å². The van der Waals surface area contributed by atoms with E-state index < -0.39 is 5.54 Å². The molecule has 8 heteroatoms. The number of nitrogens with zero attached hydrogens (tertiary/aromatic N) is 5. The number of hydrogen-bond acceptors (Lipinski definition) is 7. The van der Waals surface area contributed by atoms with Crippen LogP contribution in [0.1, 0.15) is 36.6 Å². The molecule has 3 heterocycles. The predicted octanol–water partition coefficient (Wildman–Crippen LogP) is 1.03. The van der Waals surface area contributed by atoms with Crippen molar-refractivity contribution in [3.8, 4) is 0 Å². The fourth-order valence-electron chi connectivity index (χ4n) is 3.04. The fourth-order valence-corrected chi connectivity index (χ4v) is 3.04. The van der Waals surface area contributed by atoms with Crippen LogP contribution in [0.25, 0.3) is 0 Å². The van der Waals surface area contributed by atoms with Crippen molar-refractivity contribution in [3.63, 3.8) is 0 Å². The second-order valence-electron chi connectivity index (χ2n) is 5.99. The number of nitrogens with one attached hydrogen (secondary N) is 1. The van der Waals surface area contributed by atoms with Crippen molar-refractivity contribution in [3.05, 3.63) is 29.3 Å². The van der Waals surface area contributed by atoms with Crippen LogP contribution in [-0.2, 0) is 10.3 Å². The number of carbonyl (C=O) groups is 1. The van der Waals surface area contributed by atoms with Crippen molar-refractivity contribution in [1.82, 2.24) is 25.4 Å². The number of hydrogen-bond donors (Lipinski definition) is 1. The lowest BCUT2D eigenvalue weighted by Gasteiger charge is -2.27. The monoisotopic (exact) mass is 316 g/mol. The molecule has 2 aromatic heterocycles. The molecule has 1 unspecified atom stereocenters. The van der Waals surface area contributed by atoms with Crippen molar-refractivity contribution in [1.29, 1.82) is 0 Å². The maximum Gasteiger partial charge on any atom is 0.223 e. The number of anilines is 1. The summed E-state index contributed by atoms with van der Waals surface area (Å²) in [4.78, 5) is 26.9. The number of carbonyl (C=O) groups excluding carboxylic acids is 1. The standard InChI is InChI=1S/C15H20N6O2/c1-9-7-13(17-10(2)16-9)21-6-5-15(8-21,19-11(3)22)14-18-12(4)23-20-14/h7H,5-6,8H2,1-4H3,(H,19,22). The highest BCUT2D eigenvalue weighted by Gasteiger charge is 2.44. The smallest absolute Gasteiger partial charge is 0.223 e. The second-order valence-corrected chi connectivity index (χ2v) is 5.99. The first-order valence-electron chi connectivity index (χ1n) is 7.55. The van der Waals surface area contributed by atoms with Gasteiger partial charge in [0.2, 0.25) is 11.8 Å². The van der Waals surface area contributed by atoms with E-state index in [1.807, 2.05) is 19.9 Å². The minimum Gasteiger partial charge on any atom is -0.354 e. The van der Waals surface area contributed by atoms with Gasteiger partial charge in [0.1, 0.15) is 17.2 Å². The molecule has 0 saturated carbocycles. The zero-order chi connectivity index (χ0) is 16.6. The largest absolute Gasteiger partial charge is 0.354 e. The molecular weight excluding hydrogens is 296 g/mol. The van der Waals surface area contributed by atoms with Crippen LogP contribution in [-0.4, -0.2) is 39.1 Å². The van der Waals surface area contributed by atoms with Crippen molar-refractivity contribution in [2.75, 3.05) is 18.0 Å². The minimum atomic E-state index is -0.656. The Morgan fingerprint density at radius 3 is 2.70 bits per heavy atom. The first-order chi connectivity index (χ1) is 10.9. The van der Waals surface area contributed by atoms with Gasteiger partial charge in [0.25, 0.3) is 0 Å². The lowest BCUT2D eigenvalue weighted by molar-refractivity contribution is -0.120. The molecule has 3 rings (SSSR count). The van der Waals surface area contributed by atoms with Gasteiger partial charge in [-0.1, -0.05) is 5.16 Å². The molecule has 2 aromatic rings. The highest BCUT2D eigenvalue weighted by Crippen LogP contribution is 2.32. The number of amides is 1. The van der Waals surface area contributed by atoms with Crippen molar-refractivity contribution >= 4 is 11.7 Å². The summed E-state index contributed by atoms with van der Waals surface area (Å²) in [6.07, 6.45) is 0.688. The molecule has 122 valence electrons. The zero-order valence-corrected chi connectivity index (χ0v) is 13.8. The van der Waals surface area contributed by atoms with E-state index in [1.165, 1.54) is 6.92 Å². The van der Waals surface area contributed by atoms with Gasteiger partial charge in [0, 0.05) is 38.7 Å². The summed E-state index contributed by atoms with van der Waals surface area (Å²) in [5, 5.41) is 7.03. The van der Waals surface area contributed by atoms with E-state index in [9.17, 15) is 4.79 Å². The predicted molar refractivity (Wildman–Crippen MR) is 82.9 cm³/mol. The van der Waals surface area contributed by atoms with Crippen LogP contribution >= 0.6 is 0 Å². The molecule has 0 aliphatic carbocycles. The van der Waals surface area contributed by atoms with Crippen LogP contribution in [0.15, 0.2) is 10.6 Å². The molecule has 1 fully saturated rings. The Morgan fingerprint density at radius 2 is 2.09 bits per heavy atom. The van der Waals surface area contributed by atoms with Crippen LogP contribution in [0.3, 0.4) is 0 Å².